The number of nitrogens with one attached hydrogen (secondary N) is 2. The van der Waals surface area contributed by atoms with Gasteiger partial charge in [0.25, 0.3) is 17.0 Å². The molecule has 1 aliphatic heterocycles. The van der Waals surface area contributed by atoms with Gasteiger partial charge in [-0.05, 0) is 61.6 Å². The number of aromatic nitrogens is 1. The Balaban J connectivity index is 1.17. The number of benzene rings is 2. The van der Waals surface area contributed by atoms with Crippen LogP contribution in [0.2, 0.25) is 5.02 Å². The molecule has 1 saturated carbocycles. The van der Waals surface area contributed by atoms with Gasteiger partial charge in [-0.1, -0.05) is 35.1 Å². The van der Waals surface area contributed by atoms with E-state index in [0.29, 0.717) is 39.6 Å². The molecular weight excluding hydrogens is 486 g/mol. The number of thiazole rings is 1. The Kier molecular flexibility index (Phi) is 6.74. The molecule has 1 fully saturated rings. The van der Waals surface area contributed by atoms with Crippen LogP contribution in [-0.4, -0.2) is 29.4 Å². The third-order valence-corrected chi connectivity index (χ3v) is 6.92. The Morgan fingerprint density at radius 1 is 1.34 bits per heavy atom. The van der Waals surface area contributed by atoms with Gasteiger partial charge in [0.1, 0.15) is 11.5 Å². The summed E-state index contributed by atoms with van der Waals surface area (Å²) in [5.41, 5.74) is 1.80. The first kappa shape index (κ1) is 23.4. The maximum atomic E-state index is 12.7. The van der Waals surface area contributed by atoms with E-state index in [2.05, 4.69) is 15.6 Å². The minimum atomic E-state index is -0.229. The molecule has 5 rings (SSSR count). The molecule has 2 N–H and O–H groups in total. The number of carbonyl (C=O) groups excluding carboxylic acids is 2. The quantitative estimate of drug-likeness (QED) is 0.400. The van der Waals surface area contributed by atoms with Crippen molar-refractivity contribution < 1.29 is 19.1 Å². The minimum absolute atomic E-state index is 0.148. The van der Waals surface area contributed by atoms with Crippen LogP contribution in [0.15, 0.2) is 48.7 Å². The number of rotatable bonds is 9. The monoisotopic (exact) mass is 509 g/mol. The predicted molar refractivity (Wildman–Crippen MR) is 135 cm³/mol. The normalized spacial score (nSPS) is 15.5. The topological polar surface area (TPSA) is 89.6 Å². The lowest BCUT2D eigenvalue weighted by molar-refractivity contribution is 0.0943. The van der Waals surface area contributed by atoms with Crippen molar-refractivity contribution in [3.05, 3.63) is 75.3 Å². The van der Waals surface area contributed by atoms with Crippen molar-refractivity contribution in [3.63, 3.8) is 0 Å². The Hall–Kier alpha value is -3.36. The summed E-state index contributed by atoms with van der Waals surface area (Å²) in [6, 6.07) is 10.3. The van der Waals surface area contributed by atoms with Gasteiger partial charge in [-0.2, -0.15) is 0 Å². The number of halogens is 1. The molecule has 1 aromatic heterocycles. The third-order valence-electron chi connectivity index (χ3n) is 5.78. The lowest BCUT2D eigenvalue weighted by Gasteiger charge is -2.11. The van der Waals surface area contributed by atoms with E-state index < -0.39 is 0 Å². The standard InChI is InChI=1S/C26H24ClN3O4S/c1-15(30-25(32)20-4-2-3-19-21(20)13-28-24(19)31)5-9-18-12-29-26(35-18)34-23-10-8-17(11-22(23)27)33-14-16-6-7-16/h2-5,8-12,15-16H,6-7,13-14H2,1H3,(H,28,31)(H,30,32)/b9-5+/t15-/m0/s1. The van der Waals surface area contributed by atoms with Crippen molar-refractivity contribution in [2.45, 2.75) is 32.4 Å². The zero-order chi connectivity index (χ0) is 24.4. The molecule has 0 radical (unpaired) electrons. The number of hydrogen-bond acceptors (Lipinski definition) is 6. The summed E-state index contributed by atoms with van der Waals surface area (Å²) in [7, 11) is 0. The van der Waals surface area contributed by atoms with Crippen LogP contribution in [0, 0.1) is 5.92 Å². The van der Waals surface area contributed by atoms with E-state index in [1.54, 1.807) is 36.5 Å². The van der Waals surface area contributed by atoms with Crippen LogP contribution in [0.3, 0.4) is 0 Å². The van der Waals surface area contributed by atoms with Crippen molar-refractivity contribution in [3.8, 4) is 16.7 Å². The molecule has 7 nitrogen and oxygen atoms in total. The fraction of sp³-hybridized carbons (Fsp3) is 0.269. The fourth-order valence-corrected chi connectivity index (χ4v) is 4.58. The number of hydrogen-bond donors (Lipinski definition) is 2. The van der Waals surface area contributed by atoms with Crippen LogP contribution in [0.4, 0.5) is 0 Å². The smallest absolute Gasteiger partial charge is 0.279 e. The SMILES string of the molecule is C[C@@H](/C=C/c1cnc(Oc2ccc(OCC3CC3)cc2Cl)s1)NC(=O)c1cccc2c1CNC2=O. The maximum absolute atomic E-state index is 12.7. The summed E-state index contributed by atoms with van der Waals surface area (Å²) in [6.45, 7) is 2.97. The first-order valence-electron chi connectivity index (χ1n) is 11.4. The van der Waals surface area contributed by atoms with Crippen LogP contribution in [-0.2, 0) is 6.54 Å². The molecule has 0 spiro atoms. The van der Waals surface area contributed by atoms with E-state index in [9.17, 15) is 9.59 Å². The van der Waals surface area contributed by atoms with Crippen molar-refractivity contribution >= 4 is 40.8 Å². The molecule has 9 heteroatoms. The predicted octanol–water partition coefficient (Wildman–Crippen LogP) is 5.45. The van der Waals surface area contributed by atoms with Crippen molar-refractivity contribution in [1.29, 1.82) is 0 Å². The molecule has 0 saturated heterocycles. The highest BCUT2D eigenvalue weighted by Gasteiger charge is 2.24. The zero-order valence-corrected chi connectivity index (χ0v) is 20.6. The Bertz CT molecular complexity index is 1300. The second-order valence-corrected chi connectivity index (χ2v) is 10.0. The highest BCUT2D eigenvalue weighted by molar-refractivity contribution is 7.14. The number of carbonyl (C=O) groups is 2. The third kappa shape index (κ3) is 5.66. The molecule has 180 valence electrons. The first-order valence-corrected chi connectivity index (χ1v) is 12.6. The van der Waals surface area contributed by atoms with E-state index in [1.807, 2.05) is 25.1 Å². The van der Waals surface area contributed by atoms with Gasteiger partial charge >= 0.3 is 0 Å². The van der Waals surface area contributed by atoms with Gasteiger partial charge in [-0.25, -0.2) is 4.98 Å². The van der Waals surface area contributed by atoms with Crippen LogP contribution < -0.4 is 20.1 Å². The summed E-state index contributed by atoms with van der Waals surface area (Å²) < 4.78 is 11.6. The second kappa shape index (κ2) is 10.1. The average Bonchev–Trinajstić information content (AvgIpc) is 3.45. The van der Waals surface area contributed by atoms with Gasteiger partial charge in [-0.3, -0.25) is 9.59 Å². The zero-order valence-electron chi connectivity index (χ0n) is 19.0. The van der Waals surface area contributed by atoms with E-state index in [0.717, 1.165) is 22.8 Å². The molecular formula is C26H24ClN3O4S. The highest BCUT2D eigenvalue weighted by Crippen LogP contribution is 2.35. The lowest BCUT2D eigenvalue weighted by Crippen LogP contribution is -2.31. The number of ether oxygens (including phenoxy) is 2. The van der Waals surface area contributed by atoms with Crippen LogP contribution in [0.5, 0.6) is 16.7 Å². The molecule has 1 atom stereocenters. The fourth-order valence-electron chi connectivity index (χ4n) is 3.68. The summed E-state index contributed by atoms with van der Waals surface area (Å²) in [4.78, 5) is 29.8. The summed E-state index contributed by atoms with van der Waals surface area (Å²) in [5, 5.41) is 6.63. The minimum Gasteiger partial charge on any atom is -0.493 e. The molecule has 0 bridgehead atoms. The number of fused-ring (bicyclic) bond motifs is 1. The van der Waals surface area contributed by atoms with Crippen LogP contribution in [0.1, 0.15) is 50.9 Å². The van der Waals surface area contributed by atoms with Crippen molar-refractivity contribution in [2.75, 3.05) is 6.61 Å². The van der Waals surface area contributed by atoms with E-state index in [1.165, 1.54) is 24.2 Å². The second-order valence-electron chi connectivity index (χ2n) is 8.61. The van der Waals surface area contributed by atoms with Gasteiger partial charge in [0.15, 0.2) is 0 Å². The van der Waals surface area contributed by atoms with Crippen LogP contribution in [0.25, 0.3) is 6.08 Å². The van der Waals surface area contributed by atoms with Gasteiger partial charge in [0.05, 0.1) is 16.5 Å². The van der Waals surface area contributed by atoms with Gasteiger partial charge in [0.2, 0.25) is 0 Å². The summed E-state index contributed by atoms with van der Waals surface area (Å²) in [6.07, 6.45) is 7.92. The summed E-state index contributed by atoms with van der Waals surface area (Å²) in [5.74, 6) is 1.55. The molecule has 2 aliphatic rings. The molecule has 0 unspecified atom stereocenters. The largest absolute Gasteiger partial charge is 0.493 e. The van der Waals surface area contributed by atoms with Crippen molar-refractivity contribution in [2.24, 2.45) is 5.92 Å². The highest BCUT2D eigenvalue weighted by atomic mass is 35.5. The maximum Gasteiger partial charge on any atom is 0.279 e. The molecule has 1 aliphatic carbocycles. The number of nitrogens with zero attached hydrogens (tertiary/aromatic N) is 1. The Morgan fingerprint density at radius 3 is 3.00 bits per heavy atom. The Morgan fingerprint density at radius 2 is 2.20 bits per heavy atom. The van der Waals surface area contributed by atoms with Gasteiger partial charge < -0.3 is 20.1 Å². The lowest BCUT2D eigenvalue weighted by atomic mass is 10.0. The van der Waals surface area contributed by atoms with Gasteiger partial charge in [-0.15, -0.1) is 0 Å². The van der Waals surface area contributed by atoms with E-state index in [-0.39, 0.29) is 17.9 Å². The summed E-state index contributed by atoms with van der Waals surface area (Å²) >= 11 is 7.73. The molecule has 35 heavy (non-hydrogen) atoms. The molecule has 2 aromatic carbocycles. The van der Waals surface area contributed by atoms with Crippen LogP contribution >= 0.6 is 22.9 Å². The van der Waals surface area contributed by atoms with Crippen molar-refractivity contribution in [1.82, 2.24) is 15.6 Å². The average molecular weight is 510 g/mol. The molecule has 2 heterocycles. The van der Waals surface area contributed by atoms with E-state index in [4.69, 9.17) is 21.1 Å². The Labute approximate surface area is 212 Å². The van der Waals surface area contributed by atoms with Gasteiger partial charge in [0, 0.05) is 36.0 Å². The van der Waals surface area contributed by atoms with E-state index >= 15 is 0 Å². The first-order chi connectivity index (χ1) is 17.0. The molecule has 3 aromatic rings. The number of amides is 2. The molecule has 2 amide bonds.